The SMILES string of the molecule is Nc1nnnn1-c1cc(F)cc(F)c1. The first-order valence-electron chi connectivity index (χ1n) is 3.67. The van der Waals surface area contributed by atoms with Crippen molar-refractivity contribution >= 4 is 5.95 Å². The number of benzene rings is 1. The summed E-state index contributed by atoms with van der Waals surface area (Å²) >= 11 is 0. The molecule has 2 aromatic rings. The Kier molecular flexibility index (Phi) is 1.84. The van der Waals surface area contributed by atoms with Crippen LogP contribution in [0.2, 0.25) is 0 Å². The minimum Gasteiger partial charge on any atom is -0.366 e. The molecule has 7 heteroatoms. The average molecular weight is 197 g/mol. The van der Waals surface area contributed by atoms with Gasteiger partial charge in [0.05, 0.1) is 5.69 Å². The molecule has 0 unspecified atom stereocenters. The smallest absolute Gasteiger partial charge is 0.245 e. The molecule has 1 aromatic carbocycles. The molecular formula is C7H5F2N5. The Bertz CT molecular complexity index is 447. The minimum absolute atomic E-state index is 0.0324. The van der Waals surface area contributed by atoms with Gasteiger partial charge in [-0.3, -0.25) is 0 Å². The van der Waals surface area contributed by atoms with E-state index in [0.29, 0.717) is 0 Å². The van der Waals surface area contributed by atoms with Crippen LogP contribution >= 0.6 is 0 Å². The molecule has 0 radical (unpaired) electrons. The number of nitrogens with zero attached hydrogens (tertiary/aromatic N) is 4. The number of hydrogen-bond acceptors (Lipinski definition) is 4. The molecule has 0 bridgehead atoms. The summed E-state index contributed by atoms with van der Waals surface area (Å²) in [6.07, 6.45) is 0. The molecule has 0 saturated carbocycles. The van der Waals surface area contributed by atoms with Crippen LogP contribution in [0.5, 0.6) is 0 Å². The van der Waals surface area contributed by atoms with Gasteiger partial charge in [0.25, 0.3) is 0 Å². The summed E-state index contributed by atoms with van der Waals surface area (Å²) in [6, 6.07) is 2.91. The molecule has 1 aromatic heterocycles. The van der Waals surface area contributed by atoms with Crippen LogP contribution in [-0.4, -0.2) is 20.2 Å². The predicted molar refractivity (Wildman–Crippen MR) is 43.5 cm³/mol. The van der Waals surface area contributed by atoms with E-state index in [2.05, 4.69) is 15.5 Å². The zero-order chi connectivity index (χ0) is 10.1. The molecule has 0 atom stereocenters. The molecule has 14 heavy (non-hydrogen) atoms. The standard InChI is InChI=1S/C7H5F2N5/c8-4-1-5(9)3-6(2-4)14-7(10)11-12-13-14/h1-3H,(H2,10,11,13). The van der Waals surface area contributed by atoms with Crippen LogP contribution in [0.1, 0.15) is 0 Å². The fourth-order valence-electron chi connectivity index (χ4n) is 1.04. The quantitative estimate of drug-likeness (QED) is 0.723. The molecule has 5 nitrogen and oxygen atoms in total. The normalized spacial score (nSPS) is 10.4. The number of nitrogens with two attached hydrogens (primary N) is 1. The Labute approximate surface area is 77.1 Å². The number of rotatable bonds is 1. The van der Waals surface area contributed by atoms with Gasteiger partial charge >= 0.3 is 0 Å². The van der Waals surface area contributed by atoms with Crippen LogP contribution in [0.25, 0.3) is 5.69 Å². The van der Waals surface area contributed by atoms with E-state index in [0.717, 1.165) is 22.9 Å². The van der Waals surface area contributed by atoms with Crippen LogP contribution in [0.4, 0.5) is 14.7 Å². The second-order valence-corrected chi connectivity index (χ2v) is 2.58. The molecule has 0 aliphatic rings. The molecule has 72 valence electrons. The zero-order valence-electron chi connectivity index (χ0n) is 6.85. The van der Waals surface area contributed by atoms with Crippen molar-refractivity contribution in [1.29, 1.82) is 0 Å². The first-order valence-corrected chi connectivity index (χ1v) is 3.67. The summed E-state index contributed by atoms with van der Waals surface area (Å²) in [5.41, 5.74) is 5.50. The van der Waals surface area contributed by atoms with Gasteiger partial charge in [-0.05, 0) is 22.6 Å². The monoisotopic (exact) mass is 197 g/mol. The van der Waals surface area contributed by atoms with Crippen LogP contribution in [0.3, 0.4) is 0 Å². The Morgan fingerprint density at radius 2 is 1.79 bits per heavy atom. The number of aromatic nitrogens is 4. The Morgan fingerprint density at radius 3 is 2.29 bits per heavy atom. The lowest BCUT2D eigenvalue weighted by molar-refractivity contribution is 0.579. The largest absolute Gasteiger partial charge is 0.366 e. The van der Waals surface area contributed by atoms with Gasteiger partial charge in [0.2, 0.25) is 5.95 Å². The van der Waals surface area contributed by atoms with E-state index >= 15 is 0 Å². The highest BCUT2D eigenvalue weighted by Gasteiger charge is 2.07. The minimum atomic E-state index is -0.713. The molecule has 0 saturated heterocycles. The summed E-state index contributed by atoms with van der Waals surface area (Å²) in [4.78, 5) is 0. The highest BCUT2D eigenvalue weighted by Crippen LogP contribution is 2.13. The molecule has 0 spiro atoms. The highest BCUT2D eigenvalue weighted by molar-refractivity contribution is 5.36. The van der Waals surface area contributed by atoms with Crippen molar-refractivity contribution in [3.05, 3.63) is 29.8 Å². The highest BCUT2D eigenvalue weighted by atomic mass is 19.1. The van der Waals surface area contributed by atoms with Crippen LogP contribution in [0.15, 0.2) is 18.2 Å². The maximum absolute atomic E-state index is 12.8. The van der Waals surface area contributed by atoms with E-state index in [1.807, 2.05) is 0 Å². The molecular weight excluding hydrogens is 192 g/mol. The van der Waals surface area contributed by atoms with E-state index in [1.165, 1.54) is 0 Å². The van der Waals surface area contributed by atoms with Crippen molar-refractivity contribution in [3.8, 4) is 5.69 Å². The van der Waals surface area contributed by atoms with Gasteiger partial charge in [-0.2, -0.15) is 4.68 Å². The van der Waals surface area contributed by atoms with Crippen LogP contribution in [0, 0.1) is 11.6 Å². The van der Waals surface area contributed by atoms with E-state index in [9.17, 15) is 8.78 Å². The molecule has 0 aliphatic carbocycles. The lowest BCUT2D eigenvalue weighted by Crippen LogP contribution is -2.03. The molecule has 0 aliphatic heterocycles. The van der Waals surface area contributed by atoms with Gasteiger partial charge in [-0.15, -0.1) is 0 Å². The third kappa shape index (κ3) is 1.39. The summed E-state index contributed by atoms with van der Waals surface area (Å²) in [5, 5.41) is 10.1. The first kappa shape index (κ1) is 8.54. The van der Waals surface area contributed by atoms with Gasteiger partial charge in [0.1, 0.15) is 11.6 Å². The van der Waals surface area contributed by atoms with Gasteiger partial charge in [0.15, 0.2) is 0 Å². The number of hydrogen-bond donors (Lipinski definition) is 1. The Morgan fingerprint density at radius 1 is 1.14 bits per heavy atom. The van der Waals surface area contributed by atoms with Gasteiger partial charge < -0.3 is 5.73 Å². The van der Waals surface area contributed by atoms with Crippen LogP contribution in [-0.2, 0) is 0 Å². The van der Waals surface area contributed by atoms with E-state index in [1.54, 1.807) is 0 Å². The average Bonchev–Trinajstić information content (AvgIpc) is 2.49. The van der Waals surface area contributed by atoms with Crippen molar-refractivity contribution in [2.45, 2.75) is 0 Å². The van der Waals surface area contributed by atoms with E-state index in [4.69, 9.17) is 5.73 Å². The van der Waals surface area contributed by atoms with Crippen LogP contribution < -0.4 is 5.73 Å². The lowest BCUT2D eigenvalue weighted by Gasteiger charge is -2.00. The summed E-state index contributed by atoms with van der Waals surface area (Å²) in [5.74, 6) is -1.46. The lowest BCUT2D eigenvalue weighted by atomic mass is 10.3. The Hall–Kier alpha value is -2.05. The van der Waals surface area contributed by atoms with E-state index in [-0.39, 0.29) is 11.6 Å². The summed E-state index contributed by atoms with van der Waals surface area (Å²) in [7, 11) is 0. The van der Waals surface area contributed by atoms with Crippen molar-refractivity contribution in [2.24, 2.45) is 0 Å². The number of halogens is 2. The molecule has 2 N–H and O–H groups in total. The third-order valence-corrected chi connectivity index (χ3v) is 1.59. The topological polar surface area (TPSA) is 69.6 Å². The summed E-state index contributed by atoms with van der Waals surface area (Å²) < 4.78 is 26.6. The van der Waals surface area contributed by atoms with Gasteiger partial charge in [0, 0.05) is 6.07 Å². The zero-order valence-corrected chi connectivity index (χ0v) is 6.85. The first-order chi connectivity index (χ1) is 6.66. The fraction of sp³-hybridized carbons (Fsp3) is 0. The number of nitrogen functional groups attached to an aromatic ring is 1. The van der Waals surface area contributed by atoms with Crippen molar-refractivity contribution < 1.29 is 8.78 Å². The molecule has 2 rings (SSSR count). The van der Waals surface area contributed by atoms with Crippen molar-refractivity contribution in [2.75, 3.05) is 5.73 Å². The van der Waals surface area contributed by atoms with Crippen molar-refractivity contribution in [3.63, 3.8) is 0 Å². The third-order valence-electron chi connectivity index (χ3n) is 1.59. The maximum atomic E-state index is 12.8. The van der Waals surface area contributed by atoms with E-state index < -0.39 is 11.6 Å². The second kappa shape index (κ2) is 3.02. The van der Waals surface area contributed by atoms with Gasteiger partial charge in [-0.25, -0.2) is 8.78 Å². The maximum Gasteiger partial charge on any atom is 0.245 e. The Balaban J connectivity index is 2.57. The van der Waals surface area contributed by atoms with Crippen molar-refractivity contribution in [1.82, 2.24) is 20.2 Å². The second-order valence-electron chi connectivity index (χ2n) is 2.58. The number of anilines is 1. The van der Waals surface area contributed by atoms with Gasteiger partial charge in [-0.1, -0.05) is 5.10 Å². The predicted octanol–water partition coefficient (Wildman–Crippen LogP) is 0.523. The molecule has 1 heterocycles. The fourth-order valence-corrected chi connectivity index (χ4v) is 1.04. The summed E-state index contributed by atoms with van der Waals surface area (Å²) in [6.45, 7) is 0. The number of tetrazole rings is 1. The molecule has 0 fully saturated rings. The molecule has 0 amide bonds.